The number of nitrogens with zero attached hydrogens (tertiary/aromatic N) is 1. The van der Waals surface area contributed by atoms with Gasteiger partial charge in [0.2, 0.25) is 11.8 Å². The van der Waals surface area contributed by atoms with E-state index in [1.807, 2.05) is 4.90 Å². The quantitative estimate of drug-likeness (QED) is 0.174. The van der Waals surface area contributed by atoms with Crippen molar-refractivity contribution in [3.8, 4) is 0 Å². The minimum Gasteiger partial charge on any atom is -0.380 e. The van der Waals surface area contributed by atoms with E-state index >= 15 is 0 Å². The summed E-state index contributed by atoms with van der Waals surface area (Å²) in [5, 5.41) is 20.6. The Balaban J connectivity index is 1.17. The van der Waals surface area contributed by atoms with Gasteiger partial charge in [-0.1, -0.05) is 0 Å². The van der Waals surface area contributed by atoms with Crippen LogP contribution in [0, 0.1) is 17.8 Å². The van der Waals surface area contributed by atoms with E-state index in [4.69, 9.17) is 21.1 Å². The molecule has 0 aromatic heterocycles. The lowest BCUT2D eigenvalue weighted by atomic mass is 9.70. The van der Waals surface area contributed by atoms with E-state index in [9.17, 15) is 9.59 Å². The Labute approximate surface area is 235 Å². The molecule has 0 bridgehead atoms. The third-order valence-corrected chi connectivity index (χ3v) is 10.6. The van der Waals surface area contributed by atoms with Gasteiger partial charge in [0.05, 0.1) is 17.5 Å². The molecule has 0 spiro atoms. The van der Waals surface area contributed by atoms with Gasteiger partial charge in [-0.05, 0) is 38.5 Å². The average molecular weight is 574 g/mol. The molecule has 0 saturated carbocycles. The molecule has 2 amide bonds. The first-order valence-electron chi connectivity index (χ1n) is 13.9. The van der Waals surface area contributed by atoms with Crippen molar-refractivity contribution < 1.29 is 19.1 Å². The predicted molar refractivity (Wildman–Crippen MR) is 148 cm³/mol. The van der Waals surface area contributed by atoms with Gasteiger partial charge in [-0.25, -0.2) is 0 Å². The molecular formula is C25H44ClN7O4S. The smallest absolute Gasteiger partial charge is 0.243 e. The number of alkyl halides is 1. The van der Waals surface area contributed by atoms with Gasteiger partial charge in [0.25, 0.3) is 0 Å². The number of hydrogen-bond donors (Lipinski definition) is 6. The molecule has 0 aromatic carbocycles. The van der Waals surface area contributed by atoms with E-state index in [-0.39, 0.29) is 70.2 Å². The second-order valence-corrected chi connectivity index (χ2v) is 13.4. The highest BCUT2D eigenvalue weighted by atomic mass is 35.5. The number of amides is 2. The number of thioether (sulfide) groups is 1. The summed E-state index contributed by atoms with van der Waals surface area (Å²) in [6, 6.07) is 0.287. The number of methoxy groups -OCH3 is 2. The summed E-state index contributed by atoms with van der Waals surface area (Å²) in [5.74, 6) is 0.418. The zero-order valence-corrected chi connectivity index (χ0v) is 24.3. The number of piperidine rings is 2. The molecule has 5 heterocycles. The van der Waals surface area contributed by atoms with Gasteiger partial charge in [0.1, 0.15) is 17.8 Å². The molecule has 11 nitrogen and oxygen atoms in total. The standard InChI is InChI=1S/C25H44ClN7O4S/c1-12-5-14(15-6-20(26)28-9-18(15)36-3)16(8-27-12)22(34)32-25-31-17-10-33(11-19(17)38-25)24(35)21-23(37-4)29-7-13(2)30-21/h12-21,23,25,27-31H,5-11H2,1-4H3,(H,32,34). The maximum Gasteiger partial charge on any atom is 0.243 e. The van der Waals surface area contributed by atoms with Crippen LogP contribution in [0.15, 0.2) is 0 Å². The van der Waals surface area contributed by atoms with E-state index in [1.54, 1.807) is 26.0 Å². The van der Waals surface area contributed by atoms with Crippen LogP contribution in [0.2, 0.25) is 0 Å². The van der Waals surface area contributed by atoms with Crippen molar-refractivity contribution in [1.29, 1.82) is 0 Å². The van der Waals surface area contributed by atoms with Gasteiger partial charge in [-0.15, -0.1) is 23.4 Å². The number of carbonyl (C=O) groups excluding carboxylic acids is 2. The maximum atomic E-state index is 13.6. The summed E-state index contributed by atoms with van der Waals surface area (Å²) < 4.78 is 11.3. The monoisotopic (exact) mass is 573 g/mol. The Kier molecular flexibility index (Phi) is 9.43. The van der Waals surface area contributed by atoms with Crippen molar-refractivity contribution in [3.63, 3.8) is 0 Å². The third kappa shape index (κ3) is 6.13. The van der Waals surface area contributed by atoms with Crippen LogP contribution in [-0.4, -0.2) is 116 Å². The van der Waals surface area contributed by atoms with Crippen molar-refractivity contribution in [2.24, 2.45) is 17.8 Å². The van der Waals surface area contributed by atoms with Gasteiger partial charge >= 0.3 is 0 Å². The Hall–Kier alpha value is -0.700. The molecule has 5 aliphatic rings. The van der Waals surface area contributed by atoms with E-state index in [0.717, 1.165) is 19.4 Å². The number of piperazine rings is 1. The van der Waals surface area contributed by atoms with Crippen molar-refractivity contribution >= 4 is 35.2 Å². The normalized spacial score (nSPS) is 45.6. The highest BCUT2D eigenvalue weighted by Gasteiger charge is 2.48. The van der Waals surface area contributed by atoms with Gasteiger partial charge in [0, 0.05) is 70.3 Å². The van der Waals surface area contributed by atoms with E-state index in [2.05, 4.69) is 45.7 Å². The SMILES string of the molecule is COC1CNC(Cl)CC1C1CC(C)NCC1C(=O)NC1NC2CN(C(=O)C3NC(C)CNC3OC)CC2S1. The van der Waals surface area contributed by atoms with Crippen LogP contribution in [0.1, 0.15) is 26.7 Å². The van der Waals surface area contributed by atoms with Crippen molar-refractivity contribution in [2.75, 3.05) is 46.9 Å². The Morgan fingerprint density at radius 2 is 1.76 bits per heavy atom. The maximum absolute atomic E-state index is 13.6. The minimum atomic E-state index is -0.403. The second kappa shape index (κ2) is 12.4. The van der Waals surface area contributed by atoms with Crippen LogP contribution >= 0.6 is 23.4 Å². The number of likely N-dealkylation sites (tertiary alicyclic amines) is 1. The number of carbonyl (C=O) groups is 2. The Bertz CT molecular complexity index is 847. The predicted octanol–water partition coefficient (Wildman–Crippen LogP) is -0.972. The molecule has 5 fully saturated rings. The topological polar surface area (TPSA) is 128 Å². The zero-order chi connectivity index (χ0) is 27.0. The summed E-state index contributed by atoms with van der Waals surface area (Å²) >= 11 is 8.19. The van der Waals surface area contributed by atoms with Crippen molar-refractivity contribution in [2.45, 2.75) is 79.4 Å². The van der Waals surface area contributed by atoms with Crippen LogP contribution in [0.25, 0.3) is 0 Å². The summed E-state index contributed by atoms with van der Waals surface area (Å²) in [4.78, 5) is 28.8. The first-order valence-corrected chi connectivity index (χ1v) is 15.3. The molecule has 0 radical (unpaired) electrons. The number of rotatable bonds is 6. The van der Waals surface area contributed by atoms with Gasteiger partial charge in [0.15, 0.2) is 0 Å². The molecule has 12 atom stereocenters. The number of ether oxygens (including phenoxy) is 2. The lowest BCUT2D eigenvalue weighted by Gasteiger charge is -2.45. The molecule has 5 rings (SSSR count). The first-order chi connectivity index (χ1) is 18.3. The molecule has 0 aliphatic carbocycles. The van der Waals surface area contributed by atoms with Crippen molar-refractivity contribution in [1.82, 2.24) is 36.8 Å². The molecule has 216 valence electrons. The lowest BCUT2D eigenvalue weighted by molar-refractivity contribution is -0.138. The fourth-order valence-corrected chi connectivity index (χ4v) is 8.63. The Morgan fingerprint density at radius 3 is 2.50 bits per heavy atom. The zero-order valence-electron chi connectivity index (χ0n) is 22.7. The molecule has 5 saturated heterocycles. The van der Waals surface area contributed by atoms with Crippen LogP contribution < -0.4 is 31.9 Å². The molecular weight excluding hydrogens is 530 g/mol. The van der Waals surface area contributed by atoms with Crippen molar-refractivity contribution in [3.05, 3.63) is 0 Å². The highest BCUT2D eigenvalue weighted by molar-refractivity contribution is 8.00. The molecule has 5 aliphatic heterocycles. The van der Waals surface area contributed by atoms with Gasteiger partial charge in [-0.3, -0.25) is 30.9 Å². The van der Waals surface area contributed by atoms with Gasteiger partial charge in [-0.2, -0.15) is 0 Å². The average Bonchev–Trinajstić information content (AvgIpc) is 3.47. The van der Waals surface area contributed by atoms with Crippen LogP contribution in [-0.2, 0) is 19.1 Å². The number of halogens is 1. The number of nitrogens with one attached hydrogen (secondary N) is 6. The molecule has 6 N–H and O–H groups in total. The fourth-order valence-electron chi connectivity index (χ4n) is 6.93. The number of fused-ring (bicyclic) bond motifs is 1. The lowest BCUT2D eigenvalue weighted by Crippen LogP contribution is -2.65. The second-order valence-electron chi connectivity index (χ2n) is 11.6. The first kappa shape index (κ1) is 28.8. The largest absolute Gasteiger partial charge is 0.380 e. The van der Waals surface area contributed by atoms with Crippen LogP contribution in [0.5, 0.6) is 0 Å². The van der Waals surface area contributed by atoms with Gasteiger partial charge < -0.3 is 25.0 Å². The van der Waals surface area contributed by atoms with Crippen LogP contribution in [0.3, 0.4) is 0 Å². The summed E-state index contributed by atoms with van der Waals surface area (Å²) in [6.45, 7) is 7.64. The number of hydrogen-bond acceptors (Lipinski definition) is 10. The van der Waals surface area contributed by atoms with E-state index in [0.29, 0.717) is 32.2 Å². The summed E-state index contributed by atoms with van der Waals surface area (Å²) in [7, 11) is 3.37. The van der Waals surface area contributed by atoms with E-state index in [1.165, 1.54) is 0 Å². The van der Waals surface area contributed by atoms with Crippen LogP contribution in [0.4, 0.5) is 0 Å². The molecule has 12 unspecified atom stereocenters. The van der Waals surface area contributed by atoms with E-state index < -0.39 is 6.04 Å². The molecule has 13 heteroatoms. The molecule has 0 aromatic rings. The summed E-state index contributed by atoms with van der Waals surface area (Å²) in [6.07, 6.45) is 1.43. The highest BCUT2D eigenvalue weighted by Crippen LogP contribution is 2.38. The minimum absolute atomic E-state index is 0.0482. The third-order valence-electron chi connectivity index (χ3n) is 8.95. The Morgan fingerprint density at radius 1 is 0.947 bits per heavy atom. The summed E-state index contributed by atoms with van der Waals surface area (Å²) in [5.41, 5.74) is -0.262. The fraction of sp³-hybridized carbons (Fsp3) is 0.920. The molecule has 38 heavy (non-hydrogen) atoms.